The van der Waals surface area contributed by atoms with E-state index in [1.54, 1.807) is 6.92 Å². The van der Waals surface area contributed by atoms with Gasteiger partial charge in [0.2, 0.25) is 15.9 Å². The lowest BCUT2D eigenvalue weighted by Gasteiger charge is -2.30. The molecule has 6 nitrogen and oxygen atoms in total. The van der Waals surface area contributed by atoms with Crippen molar-refractivity contribution < 1.29 is 17.9 Å². The number of ether oxygens (including phenoxy) is 1. The predicted octanol–water partition coefficient (Wildman–Crippen LogP) is 1.55. The van der Waals surface area contributed by atoms with Crippen molar-refractivity contribution in [1.29, 1.82) is 0 Å². The number of piperidine rings is 1. The van der Waals surface area contributed by atoms with Gasteiger partial charge in [-0.05, 0) is 38.8 Å². The number of benzene rings is 1. The summed E-state index contributed by atoms with van der Waals surface area (Å²) in [6.07, 6.45) is 1.44. The molecule has 1 atom stereocenters. The summed E-state index contributed by atoms with van der Waals surface area (Å²) in [6.45, 7) is 5.22. The normalized spacial score (nSPS) is 19.0. The smallest absolute Gasteiger partial charge is 0.224 e. The molecule has 0 bridgehead atoms. The maximum atomic E-state index is 12.2. The third kappa shape index (κ3) is 5.21. The van der Waals surface area contributed by atoms with Crippen molar-refractivity contribution in [2.75, 3.05) is 32.0 Å². The van der Waals surface area contributed by atoms with Crippen molar-refractivity contribution in [3.8, 4) is 5.75 Å². The van der Waals surface area contributed by atoms with Gasteiger partial charge in [-0.3, -0.25) is 4.79 Å². The lowest BCUT2D eigenvalue weighted by Crippen LogP contribution is -2.46. The van der Waals surface area contributed by atoms with Gasteiger partial charge >= 0.3 is 0 Å². The first-order chi connectivity index (χ1) is 11.4. The molecule has 1 amide bonds. The van der Waals surface area contributed by atoms with Crippen LogP contribution in [0.1, 0.15) is 25.3 Å². The van der Waals surface area contributed by atoms with E-state index in [0.29, 0.717) is 19.7 Å². The third-order valence-electron chi connectivity index (χ3n) is 4.20. The SMILES string of the molecule is CCS(=O)(=O)N1CCC[C@@H](C(=O)NCCOc2ccc(C)cc2)C1. The van der Waals surface area contributed by atoms with E-state index in [4.69, 9.17) is 4.74 Å². The standard InChI is InChI=1S/C17H26N2O4S/c1-3-24(21,22)19-11-4-5-15(13-19)17(20)18-10-12-23-16-8-6-14(2)7-9-16/h6-9,15H,3-5,10-13H2,1-2H3,(H,18,20)/t15-/m1/s1. The first kappa shape index (κ1) is 18.7. The fraction of sp³-hybridized carbons (Fsp3) is 0.588. The average molecular weight is 354 g/mol. The van der Waals surface area contributed by atoms with Gasteiger partial charge in [0.05, 0.1) is 18.2 Å². The van der Waals surface area contributed by atoms with E-state index in [1.165, 1.54) is 9.87 Å². The zero-order valence-corrected chi connectivity index (χ0v) is 15.1. The molecule has 0 saturated carbocycles. The molecular weight excluding hydrogens is 328 g/mol. The summed E-state index contributed by atoms with van der Waals surface area (Å²) in [7, 11) is -3.22. The van der Waals surface area contributed by atoms with Crippen LogP contribution in [-0.2, 0) is 14.8 Å². The Kier molecular flexibility index (Phi) is 6.62. The van der Waals surface area contributed by atoms with Crippen LogP contribution < -0.4 is 10.1 Å². The number of nitrogens with one attached hydrogen (secondary N) is 1. The third-order valence-corrected chi connectivity index (χ3v) is 6.05. The molecule has 2 rings (SSSR count). The van der Waals surface area contributed by atoms with Crippen LogP contribution in [0.4, 0.5) is 0 Å². The quantitative estimate of drug-likeness (QED) is 0.754. The Bertz CT molecular complexity index is 643. The number of hydrogen-bond donors (Lipinski definition) is 1. The number of carbonyl (C=O) groups excluding carboxylic acids is 1. The van der Waals surface area contributed by atoms with E-state index in [-0.39, 0.29) is 24.1 Å². The highest BCUT2D eigenvalue weighted by molar-refractivity contribution is 7.89. The summed E-state index contributed by atoms with van der Waals surface area (Å²) in [6, 6.07) is 7.73. The van der Waals surface area contributed by atoms with Gasteiger partial charge in [-0.25, -0.2) is 12.7 Å². The summed E-state index contributed by atoms with van der Waals surface area (Å²) in [5.74, 6) is 0.469. The molecule has 0 aliphatic carbocycles. The highest BCUT2D eigenvalue weighted by atomic mass is 32.2. The van der Waals surface area contributed by atoms with Crippen LogP contribution in [-0.4, -0.2) is 50.6 Å². The lowest BCUT2D eigenvalue weighted by molar-refractivity contribution is -0.126. The maximum Gasteiger partial charge on any atom is 0.224 e. The molecule has 0 unspecified atom stereocenters. The molecule has 1 heterocycles. The van der Waals surface area contributed by atoms with Crippen molar-refractivity contribution in [2.45, 2.75) is 26.7 Å². The Morgan fingerprint density at radius 2 is 2.04 bits per heavy atom. The maximum absolute atomic E-state index is 12.2. The van der Waals surface area contributed by atoms with E-state index in [9.17, 15) is 13.2 Å². The Morgan fingerprint density at radius 1 is 1.33 bits per heavy atom. The molecule has 7 heteroatoms. The summed E-state index contributed by atoms with van der Waals surface area (Å²) in [5, 5.41) is 2.84. The predicted molar refractivity (Wildman–Crippen MR) is 93.4 cm³/mol. The van der Waals surface area contributed by atoms with Crippen molar-refractivity contribution >= 4 is 15.9 Å². The lowest BCUT2D eigenvalue weighted by atomic mass is 9.99. The fourth-order valence-corrected chi connectivity index (χ4v) is 3.89. The van der Waals surface area contributed by atoms with E-state index >= 15 is 0 Å². The molecule has 1 saturated heterocycles. The topological polar surface area (TPSA) is 75.7 Å². The van der Waals surface area contributed by atoms with E-state index in [1.807, 2.05) is 31.2 Å². The number of nitrogens with zero attached hydrogens (tertiary/aromatic N) is 1. The van der Waals surface area contributed by atoms with Crippen LogP contribution in [0.5, 0.6) is 5.75 Å². The van der Waals surface area contributed by atoms with Crippen molar-refractivity contribution in [2.24, 2.45) is 5.92 Å². The van der Waals surface area contributed by atoms with Gasteiger partial charge in [0.25, 0.3) is 0 Å². The Hall–Kier alpha value is -1.60. The molecule has 1 aliphatic rings. The van der Waals surface area contributed by atoms with E-state index in [2.05, 4.69) is 5.32 Å². The molecule has 1 aliphatic heterocycles. The zero-order chi connectivity index (χ0) is 17.6. The summed E-state index contributed by atoms with van der Waals surface area (Å²) >= 11 is 0. The fourth-order valence-electron chi connectivity index (χ4n) is 2.71. The molecular formula is C17H26N2O4S. The highest BCUT2D eigenvalue weighted by Crippen LogP contribution is 2.19. The molecule has 1 fully saturated rings. The van der Waals surface area contributed by atoms with Crippen molar-refractivity contribution in [3.05, 3.63) is 29.8 Å². The van der Waals surface area contributed by atoms with Gasteiger partial charge in [0.15, 0.2) is 0 Å². The Morgan fingerprint density at radius 3 is 2.71 bits per heavy atom. The number of rotatable bonds is 7. The number of sulfonamides is 1. The molecule has 24 heavy (non-hydrogen) atoms. The molecule has 0 spiro atoms. The van der Waals surface area contributed by atoms with E-state index in [0.717, 1.165) is 18.6 Å². The average Bonchev–Trinajstić information content (AvgIpc) is 2.60. The molecule has 1 aromatic rings. The molecule has 0 aromatic heterocycles. The van der Waals surface area contributed by atoms with Gasteiger partial charge < -0.3 is 10.1 Å². The van der Waals surface area contributed by atoms with Gasteiger partial charge in [-0.15, -0.1) is 0 Å². The zero-order valence-electron chi connectivity index (χ0n) is 14.3. The minimum absolute atomic E-state index is 0.0751. The number of hydrogen-bond acceptors (Lipinski definition) is 4. The van der Waals surface area contributed by atoms with Crippen LogP contribution >= 0.6 is 0 Å². The first-order valence-corrected chi connectivity index (χ1v) is 9.98. The van der Waals surface area contributed by atoms with Gasteiger partial charge in [0, 0.05) is 13.1 Å². The first-order valence-electron chi connectivity index (χ1n) is 8.37. The second-order valence-corrected chi connectivity index (χ2v) is 8.31. The largest absolute Gasteiger partial charge is 0.492 e. The van der Waals surface area contributed by atoms with Gasteiger partial charge in [-0.1, -0.05) is 17.7 Å². The van der Waals surface area contributed by atoms with E-state index < -0.39 is 10.0 Å². The second kappa shape index (κ2) is 8.48. The minimum atomic E-state index is -3.22. The molecule has 1 N–H and O–H groups in total. The summed E-state index contributed by atoms with van der Waals surface area (Å²) < 4.78 is 30.9. The van der Waals surface area contributed by atoms with Crippen LogP contribution in [0.3, 0.4) is 0 Å². The monoisotopic (exact) mass is 354 g/mol. The highest BCUT2D eigenvalue weighted by Gasteiger charge is 2.31. The number of carbonyl (C=O) groups is 1. The summed E-state index contributed by atoms with van der Waals surface area (Å²) in [5.41, 5.74) is 1.17. The number of amides is 1. The Labute approximate surface area is 144 Å². The van der Waals surface area contributed by atoms with Crippen molar-refractivity contribution in [1.82, 2.24) is 9.62 Å². The van der Waals surface area contributed by atoms with Crippen LogP contribution in [0.2, 0.25) is 0 Å². The van der Waals surface area contributed by atoms with Gasteiger partial charge in [-0.2, -0.15) is 0 Å². The van der Waals surface area contributed by atoms with Crippen LogP contribution in [0.25, 0.3) is 0 Å². The minimum Gasteiger partial charge on any atom is -0.492 e. The second-order valence-electron chi connectivity index (χ2n) is 6.05. The number of aryl methyl sites for hydroxylation is 1. The Balaban J connectivity index is 1.75. The molecule has 1 aromatic carbocycles. The van der Waals surface area contributed by atoms with Gasteiger partial charge in [0.1, 0.15) is 12.4 Å². The summed E-state index contributed by atoms with van der Waals surface area (Å²) in [4.78, 5) is 12.2. The van der Waals surface area contributed by atoms with Crippen molar-refractivity contribution in [3.63, 3.8) is 0 Å². The molecule has 134 valence electrons. The van der Waals surface area contributed by atoms with Crippen LogP contribution in [0, 0.1) is 12.8 Å². The van der Waals surface area contributed by atoms with Crippen LogP contribution in [0.15, 0.2) is 24.3 Å². The molecule has 0 radical (unpaired) electrons.